The van der Waals surface area contributed by atoms with Crippen LogP contribution in [0.4, 0.5) is 5.82 Å². The van der Waals surface area contributed by atoms with Gasteiger partial charge < -0.3 is 28.4 Å². The zero-order valence-electron chi connectivity index (χ0n) is 19.2. The molecule has 3 aromatic rings. The van der Waals surface area contributed by atoms with Gasteiger partial charge >= 0.3 is 5.97 Å². The fourth-order valence-corrected chi connectivity index (χ4v) is 4.00. The van der Waals surface area contributed by atoms with E-state index in [2.05, 4.69) is 24.9 Å². The van der Waals surface area contributed by atoms with E-state index in [1.165, 1.54) is 6.33 Å². The Morgan fingerprint density at radius 1 is 1.03 bits per heavy atom. The Hall–Kier alpha value is -3.60. The van der Waals surface area contributed by atoms with E-state index in [0.717, 1.165) is 18.7 Å². The van der Waals surface area contributed by atoms with Gasteiger partial charge in [-0.1, -0.05) is 11.2 Å². The fraction of sp³-hybridized carbons (Fsp3) is 0.455. The molecule has 0 aliphatic carbocycles. The maximum atomic E-state index is 12.3. The Morgan fingerprint density at radius 3 is 2.45 bits per heavy atom. The minimum atomic E-state index is -0.550. The number of methoxy groups -OCH3 is 3. The summed E-state index contributed by atoms with van der Waals surface area (Å²) in [6, 6.07) is 3.87. The highest BCUT2D eigenvalue weighted by Crippen LogP contribution is 2.40. The average Bonchev–Trinajstić information content (AvgIpc) is 3.29. The number of anilines is 1. The molecule has 11 heteroatoms. The van der Waals surface area contributed by atoms with Gasteiger partial charge in [-0.25, -0.2) is 9.78 Å². The lowest BCUT2D eigenvalue weighted by molar-refractivity contribution is 0.0517. The van der Waals surface area contributed by atoms with E-state index in [0.29, 0.717) is 48.1 Å². The Kier molecular flexibility index (Phi) is 6.78. The predicted octanol–water partition coefficient (Wildman–Crippen LogP) is 2.14. The van der Waals surface area contributed by atoms with E-state index < -0.39 is 5.97 Å². The first-order valence-electron chi connectivity index (χ1n) is 10.6. The topological polar surface area (TPSA) is 112 Å². The molecule has 0 N–H and O–H groups in total. The van der Waals surface area contributed by atoms with Gasteiger partial charge in [-0.05, 0) is 13.0 Å². The first kappa shape index (κ1) is 22.6. The largest absolute Gasteiger partial charge is 0.493 e. The minimum absolute atomic E-state index is 0.0972. The third kappa shape index (κ3) is 4.36. The Bertz CT molecular complexity index is 1130. The number of hydrogen-bond donors (Lipinski definition) is 0. The van der Waals surface area contributed by atoms with Crippen molar-refractivity contribution >= 4 is 22.9 Å². The molecule has 0 atom stereocenters. The second-order valence-electron chi connectivity index (χ2n) is 7.39. The summed E-state index contributed by atoms with van der Waals surface area (Å²) in [5, 5.41) is 4.34. The quantitative estimate of drug-likeness (QED) is 0.464. The number of fused-ring (bicyclic) bond motifs is 1. The number of rotatable bonds is 8. The summed E-state index contributed by atoms with van der Waals surface area (Å²) < 4.78 is 26.8. The van der Waals surface area contributed by atoms with Crippen molar-refractivity contribution in [1.29, 1.82) is 0 Å². The number of benzene rings is 1. The van der Waals surface area contributed by atoms with Gasteiger partial charge in [-0.2, -0.15) is 4.98 Å². The van der Waals surface area contributed by atoms with Gasteiger partial charge in [0.1, 0.15) is 17.5 Å². The predicted molar refractivity (Wildman–Crippen MR) is 119 cm³/mol. The number of carbonyl (C=O) groups excluding carboxylic acids is 1. The van der Waals surface area contributed by atoms with E-state index in [9.17, 15) is 4.79 Å². The number of ether oxygens (including phenoxy) is 4. The van der Waals surface area contributed by atoms with E-state index in [4.69, 9.17) is 23.5 Å². The first-order chi connectivity index (χ1) is 16.1. The van der Waals surface area contributed by atoms with Crippen LogP contribution in [0.15, 0.2) is 23.0 Å². The van der Waals surface area contributed by atoms with Crippen LogP contribution in [0.3, 0.4) is 0 Å². The molecule has 0 amide bonds. The van der Waals surface area contributed by atoms with Crippen LogP contribution in [0.5, 0.6) is 17.2 Å². The highest BCUT2D eigenvalue weighted by atomic mass is 16.5. The normalized spacial score (nSPS) is 14.4. The van der Waals surface area contributed by atoms with Crippen LogP contribution in [-0.4, -0.2) is 80.1 Å². The SMILES string of the molecule is CCOC(=O)c1noc2ncnc(N3CCN(Cc4ccc(OC)c(OC)c4OC)CC3)c12. The molecule has 0 spiro atoms. The van der Waals surface area contributed by atoms with E-state index >= 15 is 0 Å². The van der Waals surface area contributed by atoms with Gasteiger partial charge in [-0.15, -0.1) is 0 Å². The van der Waals surface area contributed by atoms with Crippen LogP contribution in [0.25, 0.3) is 11.1 Å². The van der Waals surface area contributed by atoms with Crippen LogP contribution in [0.1, 0.15) is 23.0 Å². The van der Waals surface area contributed by atoms with Crippen LogP contribution in [0, 0.1) is 0 Å². The van der Waals surface area contributed by atoms with Crippen LogP contribution >= 0.6 is 0 Å². The molecule has 3 heterocycles. The highest BCUT2D eigenvalue weighted by Gasteiger charge is 2.27. The molecule has 1 fully saturated rings. The second-order valence-corrected chi connectivity index (χ2v) is 7.39. The van der Waals surface area contributed by atoms with Crippen molar-refractivity contribution in [2.24, 2.45) is 0 Å². The zero-order valence-corrected chi connectivity index (χ0v) is 19.2. The number of piperazine rings is 1. The van der Waals surface area contributed by atoms with Crippen molar-refractivity contribution in [2.45, 2.75) is 13.5 Å². The lowest BCUT2D eigenvalue weighted by Crippen LogP contribution is -2.46. The van der Waals surface area contributed by atoms with E-state index in [1.807, 2.05) is 12.1 Å². The van der Waals surface area contributed by atoms with Gasteiger partial charge in [-0.3, -0.25) is 4.90 Å². The summed E-state index contributed by atoms with van der Waals surface area (Å²) in [7, 11) is 4.82. The number of aromatic nitrogens is 3. The summed E-state index contributed by atoms with van der Waals surface area (Å²) in [4.78, 5) is 25.3. The molecule has 33 heavy (non-hydrogen) atoms. The molecular weight excluding hydrogens is 430 g/mol. The number of esters is 1. The van der Waals surface area contributed by atoms with E-state index in [-0.39, 0.29) is 18.0 Å². The molecule has 0 radical (unpaired) electrons. The lowest BCUT2D eigenvalue weighted by Gasteiger charge is -2.35. The Morgan fingerprint density at radius 2 is 1.79 bits per heavy atom. The highest BCUT2D eigenvalue weighted by molar-refractivity contribution is 6.04. The molecular formula is C22H27N5O6. The van der Waals surface area contributed by atoms with E-state index in [1.54, 1.807) is 28.3 Å². The molecule has 1 saturated heterocycles. The van der Waals surface area contributed by atoms with Crippen LogP contribution in [-0.2, 0) is 11.3 Å². The molecule has 4 rings (SSSR count). The second kappa shape index (κ2) is 9.90. The molecule has 1 aromatic carbocycles. The fourth-order valence-electron chi connectivity index (χ4n) is 4.00. The van der Waals surface area contributed by atoms with Crippen molar-refractivity contribution in [1.82, 2.24) is 20.0 Å². The monoisotopic (exact) mass is 457 g/mol. The standard InChI is InChI=1S/C22H27N5O6/c1-5-32-22(28)17-16-20(23-13-24-21(16)33-25-17)27-10-8-26(9-11-27)12-14-6-7-15(29-2)19(31-4)18(14)30-3/h6-7,13H,5,8-12H2,1-4H3. The molecule has 11 nitrogen and oxygen atoms in total. The van der Waals surface area contributed by atoms with Gasteiger partial charge in [0, 0.05) is 38.3 Å². The van der Waals surface area contributed by atoms with Crippen molar-refractivity contribution in [3.8, 4) is 17.2 Å². The number of carbonyl (C=O) groups is 1. The summed E-state index contributed by atoms with van der Waals surface area (Å²) in [5.41, 5.74) is 1.37. The number of hydrogen-bond acceptors (Lipinski definition) is 11. The summed E-state index contributed by atoms with van der Waals surface area (Å²) in [5.74, 6) is 1.94. The Labute approximate surface area is 191 Å². The smallest absolute Gasteiger partial charge is 0.361 e. The molecule has 0 saturated carbocycles. The molecule has 1 aliphatic heterocycles. The third-order valence-electron chi connectivity index (χ3n) is 5.57. The van der Waals surface area contributed by atoms with Gasteiger partial charge in [0.25, 0.3) is 5.71 Å². The molecule has 0 bridgehead atoms. The maximum Gasteiger partial charge on any atom is 0.361 e. The maximum absolute atomic E-state index is 12.3. The zero-order chi connectivity index (χ0) is 23.4. The number of nitrogens with zero attached hydrogens (tertiary/aromatic N) is 5. The van der Waals surface area contributed by atoms with Crippen LogP contribution in [0.2, 0.25) is 0 Å². The average molecular weight is 457 g/mol. The molecule has 0 unspecified atom stereocenters. The molecule has 176 valence electrons. The van der Waals surface area contributed by atoms with Crippen molar-refractivity contribution < 1.29 is 28.3 Å². The Balaban J connectivity index is 1.51. The summed E-state index contributed by atoms with van der Waals surface area (Å²) >= 11 is 0. The van der Waals surface area contributed by atoms with Gasteiger partial charge in [0.15, 0.2) is 11.5 Å². The lowest BCUT2D eigenvalue weighted by atomic mass is 10.1. The third-order valence-corrected chi connectivity index (χ3v) is 5.57. The molecule has 2 aromatic heterocycles. The van der Waals surface area contributed by atoms with Gasteiger partial charge in [0.2, 0.25) is 11.4 Å². The van der Waals surface area contributed by atoms with Gasteiger partial charge in [0.05, 0.1) is 27.9 Å². The minimum Gasteiger partial charge on any atom is -0.493 e. The molecule has 1 aliphatic rings. The van der Waals surface area contributed by atoms with Crippen molar-refractivity contribution in [3.05, 3.63) is 29.7 Å². The summed E-state index contributed by atoms with van der Waals surface area (Å²) in [6.45, 7) is 5.65. The van der Waals surface area contributed by atoms with Crippen LogP contribution < -0.4 is 19.1 Å². The first-order valence-corrected chi connectivity index (χ1v) is 10.6. The summed E-state index contributed by atoms with van der Waals surface area (Å²) in [6.07, 6.45) is 1.42. The van der Waals surface area contributed by atoms with Crippen molar-refractivity contribution in [3.63, 3.8) is 0 Å². The van der Waals surface area contributed by atoms with Crippen molar-refractivity contribution in [2.75, 3.05) is 59.0 Å².